The van der Waals surface area contributed by atoms with Gasteiger partial charge in [-0.3, -0.25) is 4.79 Å². The van der Waals surface area contributed by atoms with Gasteiger partial charge in [0.25, 0.3) is 0 Å². The van der Waals surface area contributed by atoms with Crippen molar-refractivity contribution in [1.82, 2.24) is 0 Å². The summed E-state index contributed by atoms with van der Waals surface area (Å²) in [6.07, 6.45) is 0. The lowest BCUT2D eigenvalue weighted by Gasteiger charge is -2.32. The largest absolute Gasteiger partial charge is 0.293 e. The molecule has 0 atom stereocenters. The van der Waals surface area contributed by atoms with E-state index in [0.717, 1.165) is 11.1 Å². The van der Waals surface area contributed by atoms with Crippen molar-refractivity contribution in [1.29, 1.82) is 0 Å². The summed E-state index contributed by atoms with van der Waals surface area (Å²) in [5.74, 6) is -0.0853. The summed E-state index contributed by atoms with van der Waals surface area (Å²) in [5.41, 5.74) is 10.1. The third-order valence-corrected chi connectivity index (χ3v) is 4.33. The van der Waals surface area contributed by atoms with Crippen molar-refractivity contribution in [3.8, 4) is 0 Å². The van der Waals surface area contributed by atoms with Gasteiger partial charge >= 0.3 is 0 Å². The summed E-state index contributed by atoms with van der Waals surface area (Å²) >= 11 is 0. The van der Waals surface area contributed by atoms with Crippen molar-refractivity contribution >= 4 is 5.78 Å². The van der Waals surface area contributed by atoms with Crippen molar-refractivity contribution < 1.29 is 4.79 Å². The van der Waals surface area contributed by atoms with Gasteiger partial charge in [0.15, 0.2) is 5.78 Å². The van der Waals surface area contributed by atoms with E-state index in [1.807, 2.05) is 78.9 Å². The number of carbonyl (C=O) groups excluding carboxylic acids is 1. The number of Topliss-reactive ketones (excluding diaryl/α,β-unsaturated/α-hetero) is 1. The molecule has 0 fully saturated rings. The van der Waals surface area contributed by atoms with Crippen molar-refractivity contribution in [2.45, 2.75) is 5.41 Å². The fraction of sp³-hybridized carbons (Fsp3) is 0.0952. The first kappa shape index (κ1) is 16.5. The van der Waals surface area contributed by atoms with E-state index in [1.54, 1.807) is 12.1 Å². The first-order valence-electron chi connectivity index (χ1n) is 8.01. The summed E-state index contributed by atoms with van der Waals surface area (Å²) < 4.78 is 0. The molecule has 3 rings (SSSR count). The molecule has 0 aliphatic heterocycles. The van der Waals surface area contributed by atoms with Crippen LogP contribution >= 0.6 is 0 Å². The molecule has 0 aliphatic carbocycles. The van der Waals surface area contributed by atoms with Crippen molar-refractivity contribution in [3.63, 3.8) is 0 Å². The summed E-state index contributed by atoms with van der Waals surface area (Å²) in [4.78, 5) is 16.5. The molecule has 0 heterocycles. The molecular weight excluding hydrogens is 310 g/mol. The molecule has 0 spiro atoms. The van der Waals surface area contributed by atoms with Gasteiger partial charge in [-0.05, 0) is 16.7 Å². The zero-order valence-corrected chi connectivity index (χ0v) is 13.6. The predicted molar refractivity (Wildman–Crippen MR) is 98.4 cm³/mol. The number of carbonyl (C=O) groups is 1. The Morgan fingerprint density at radius 2 is 1.24 bits per heavy atom. The zero-order chi connectivity index (χ0) is 17.5. The molecule has 0 amide bonds. The molecule has 0 saturated heterocycles. The molecule has 0 radical (unpaired) electrons. The number of benzene rings is 3. The fourth-order valence-electron chi connectivity index (χ4n) is 3.10. The topological polar surface area (TPSA) is 65.8 Å². The van der Waals surface area contributed by atoms with Crippen LogP contribution in [0, 0.1) is 0 Å². The minimum atomic E-state index is -1.06. The Bertz CT molecular complexity index is 847. The number of rotatable bonds is 6. The Morgan fingerprint density at radius 1 is 0.800 bits per heavy atom. The highest BCUT2D eigenvalue weighted by molar-refractivity contribution is 6.06. The van der Waals surface area contributed by atoms with Gasteiger partial charge in [0.1, 0.15) is 0 Å². The van der Waals surface area contributed by atoms with E-state index in [0.29, 0.717) is 5.56 Å². The molecule has 0 N–H and O–H groups in total. The number of nitrogens with zero attached hydrogens (tertiary/aromatic N) is 3. The first-order valence-corrected chi connectivity index (χ1v) is 8.01. The molecular formula is C21H17N3O. The minimum Gasteiger partial charge on any atom is -0.293 e. The summed E-state index contributed by atoms with van der Waals surface area (Å²) in [7, 11) is 0. The molecule has 4 heteroatoms. The normalized spacial score (nSPS) is 10.7. The molecule has 122 valence electrons. The molecule has 3 aromatic carbocycles. The van der Waals surface area contributed by atoms with Crippen LogP contribution in [0.15, 0.2) is 96.1 Å². The Hall–Kier alpha value is -3.36. The monoisotopic (exact) mass is 327 g/mol. The lowest BCUT2D eigenvalue weighted by molar-refractivity contribution is 0.0916. The Morgan fingerprint density at radius 3 is 1.68 bits per heavy atom. The number of hydrogen-bond acceptors (Lipinski definition) is 2. The van der Waals surface area contributed by atoms with Gasteiger partial charge in [0, 0.05) is 17.0 Å². The number of hydrogen-bond donors (Lipinski definition) is 0. The first-order chi connectivity index (χ1) is 12.3. The van der Waals surface area contributed by atoms with E-state index in [9.17, 15) is 4.79 Å². The van der Waals surface area contributed by atoms with Crippen LogP contribution in [-0.2, 0) is 5.41 Å². The Balaban J connectivity index is 2.28. The number of azide groups is 1. The van der Waals surface area contributed by atoms with E-state index in [1.165, 1.54) is 0 Å². The minimum absolute atomic E-state index is 0.0191. The molecule has 4 nitrogen and oxygen atoms in total. The molecule has 0 bridgehead atoms. The summed E-state index contributed by atoms with van der Waals surface area (Å²) in [6, 6.07) is 28.1. The van der Waals surface area contributed by atoms with Crippen molar-refractivity contribution in [3.05, 3.63) is 118 Å². The summed E-state index contributed by atoms with van der Waals surface area (Å²) in [6.45, 7) is 0.0191. The zero-order valence-electron chi connectivity index (χ0n) is 13.6. The molecule has 0 aliphatic rings. The van der Waals surface area contributed by atoms with Crippen LogP contribution in [0.3, 0.4) is 0 Å². The van der Waals surface area contributed by atoms with E-state index < -0.39 is 5.41 Å². The van der Waals surface area contributed by atoms with Gasteiger partial charge in [-0.1, -0.05) is 96.1 Å². The van der Waals surface area contributed by atoms with Crippen LogP contribution in [0.1, 0.15) is 21.5 Å². The van der Waals surface area contributed by atoms with E-state index >= 15 is 0 Å². The molecule has 0 saturated carbocycles. The second-order valence-corrected chi connectivity index (χ2v) is 5.72. The predicted octanol–water partition coefficient (Wildman–Crippen LogP) is 5.17. The van der Waals surface area contributed by atoms with Gasteiger partial charge in [-0.15, -0.1) is 0 Å². The van der Waals surface area contributed by atoms with Crippen LogP contribution in [0.2, 0.25) is 0 Å². The standard InChI is InChI=1S/C21H17N3O/c22-24-23-16-21(18-12-6-2-7-13-18,19-14-8-3-9-15-19)20(25)17-10-4-1-5-11-17/h1-15H,16H2. The summed E-state index contributed by atoms with van der Waals surface area (Å²) in [5, 5.41) is 3.80. The quantitative estimate of drug-likeness (QED) is 0.267. The SMILES string of the molecule is [N-]=[N+]=NCC(C(=O)c1ccccc1)(c1ccccc1)c1ccccc1. The van der Waals surface area contributed by atoms with Gasteiger partial charge in [0.05, 0.1) is 5.41 Å². The maximum Gasteiger partial charge on any atom is 0.177 e. The molecule has 25 heavy (non-hydrogen) atoms. The maximum absolute atomic E-state index is 13.6. The maximum atomic E-state index is 13.6. The Kier molecular flexibility index (Phi) is 4.93. The molecule has 0 aromatic heterocycles. The fourth-order valence-corrected chi connectivity index (χ4v) is 3.10. The van der Waals surface area contributed by atoms with Crippen LogP contribution in [-0.4, -0.2) is 12.3 Å². The van der Waals surface area contributed by atoms with E-state index in [4.69, 9.17) is 5.53 Å². The third kappa shape index (κ3) is 3.16. The third-order valence-electron chi connectivity index (χ3n) is 4.33. The van der Waals surface area contributed by atoms with Crippen LogP contribution < -0.4 is 0 Å². The lowest BCUT2D eigenvalue weighted by atomic mass is 9.69. The van der Waals surface area contributed by atoms with Crippen LogP contribution in [0.4, 0.5) is 0 Å². The highest BCUT2D eigenvalue weighted by atomic mass is 16.1. The van der Waals surface area contributed by atoms with Gasteiger partial charge < -0.3 is 0 Å². The van der Waals surface area contributed by atoms with E-state index in [-0.39, 0.29) is 12.3 Å². The molecule has 3 aromatic rings. The average molecular weight is 327 g/mol. The van der Waals surface area contributed by atoms with Crippen molar-refractivity contribution in [2.75, 3.05) is 6.54 Å². The molecule has 0 unspecified atom stereocenters. The van der Waals surface area contributed by atoms with Gasteiger partial charge in [-0.25, -0.2) is 0 Å². The highest BCUT2D eigenvalue weighted by Crippen LogP contribution is 2.36. The second kappa shape index (κ2) is 7.47. The average Bonchev–Trinajstić information content (AvgIpc) is 2.71. The van der Waals surface area contributed by atoms with Crippen LogP contribution in [0.5, 0.6) is 0 Å². The second-order valence-electron chi connectivity index (χ2n) is 5.72. The number of ketones is 1. The lowest BCUT2D eigenvalue weighted by Crippen LogP contribution is -2.40. The highest BCUT2D eigenvalue weighted by Gasteiger charge is 2.41. The van der Waals surface area contributed by atoms with E-state index in [2.05, 4.69) is 10.0 Å². The van der Waals surface area contributed by atoms with Gasteiger partial charge in [0.2, 0.25) is 0 Å². The van der Waals surface area contributed by atoms with Crippen LogP contribution in [0.25, 0.3) is 10.4 Å². The smallest absolute Gasteiger partial charge is 0.177 e. The van der Waals surface area contributed by atoms with Gasteiger partial charge in [-0.2, -0.15) is 0 Å². The Labute approximate surface area is 146 Å². The van der Waals surface area contributed by atoms with Crippen molar-refractivity contribution in [2.24, 2.45) is 5.11 Å².